The summed E-state index contributed by atoms with van der Waals surface area (Å²) in [6.45, 7) is 2.10. The minimum Gasteiger partial charge on any atom is -0.394 e. The molecule has 4 heteroatoms. The fourth-order valence-electron chi connectivity index (χ4n) is 0.975. The second kappa shape index (κ2) is 5.04. The first kappa shape index (κ1) is 10.3. The molecule has 72 valence electrons. The average Bonchev–Trinajstić information content (AvgIpc) is 2.14. The summed E-state index contributed by atoms with van der Waals surface area (Å²) in [7, 11) is 0. The lowest BCUT2D eigenvalue weighted by atomic mass is 10.2. The molecular formula is C9H13ClN2O. The van der Waals surface area contributed by atoms with Crippen LogP contribution in [-0.2, 0) is 0 Å². The standard InChI is InChI=1S/C9H13ClN2O/c1-2-7(6-13)11-9-5-3-4-8(10)12-9/h3-5,7,13H,2,6H2,1H3,(H,11,12). The van der Waals surface area contributed by atoms with E-state index in [1.165, 1.54) is 0 Å². The molecule has 0 saturated carbocycles. The number of nitrogens with one attached hydrogen (secondary N) is 1. The highest BCUT2D eigenvalue weighted by atomic mass is 35.5. The van der Waals surface area contributed by atoms with Crippen LogP contribution >= 0.6 is 11.6 Å². The average molecular weight is 201 g/mol. The van der Waals surface area contributed by atoms with Gasteiger partial charge in [-0.2, -0.15) is 0 Å². The third-order valence-electron chi connectivity index (χ3n) is 1.78. The van der Waals surface area contributed by atoms with Gasteiger partial charge in [-0.3, -0.25) is 0 Å². The van der Waals surface area contributed by atoms with E-state index < -0.39 is 0 Å². The van der Waals surface area contributed by atoms with Crippen LogP contribution in [0.5, 0.6) is 0 Å². The van der Waals surface area contributed by atoms with Gasteiger partial charge in [-0.05, 0) is 18.6 Å². The van der Waals surface area contributed by atoms with Crippen LogP contribution in [-0.4, -0.2) is 22.7 Å². The zero-order valence-electron chi connectivity index (χ0n) is 7.50. The van der Waals surface area contributed by atoms with Gasteiger partial charge in [-0.15, -0.1) is 0 Å². The molecule has 2 N–H and O–H groups in total. The Morgan fingerprint density at radius 3 is 2.92 bits per heavy atom. The molecule has 1 aromatic heterocycles. The van der Waals surface area contributed by atoms with Crippen LogP contribution in [0, 0.1) is 0 Å². The third-order valence-corrected chi connectivity index (χ3v) is 1.99. The van der Waals surface area contributed by atoms with Crippen molar-refractivity contribution in [2.45, 2.75) is 19.4 Å². The van der Waals surface area contributed by atoms with Crippen molar-refractivity contribution in [2.75, 3.05) is 11.9 Å². The Hall–Kier alpha value is -0.800. The van der Waals surface area contributed by atoms with Gasteiger partial charge in [0.25, 0.3) is 0 Å². The van der Waals surface area contributed by atoms with Crippen molar-refractivity contribution in [3.8, 4) is 0 Å². The first-order valence-electron chi connectivity index (χ1n) is 4.26. The molecule has 13 heavy (non-hydrogen) atoms. The highest BCUT2D eigenvalue weighted by molar-refractivity contribution is 6.29. The molecule has 0 spiro atoms. The fourth-order valence-corrected chi connectivity index (χ4v) is 1.14. The predicted molar refractivity (Wildman–Crippen MR) is 54.0 cm³/mol. The van der Waals surface area contributed by atoms with E-state index in [0.29, 0.717) is 11.0 Å². The van der Waals surface area contributed by atoms with Crippen molar-refractivity contribution < 1.29 is 5.11 Å². The van der Waals surface area contributed by atoms with E-state index in [9.17, 15) is 0 Å². The van der Waals surface area contributed by atoms with E-state index in [2.05, 4.69) is 10.3 Å². The van der Waals surface area contributed by atoms with E-state index in [1.807, 2.05) is 19.1 Å². The van der Waals surface area contributed by atoms with Gasteiger partial charge in [-0.25, -0.2) is 4.98 Å². The Bertz CT molecular complexity index is 264. The van der Waals surface area contributed by atoms with Crippen LogP contribution < -0.4 is 5.32 Å². The van der Waals surface area contributed by atoms with E-state index >= 15 is 0 Å². The molecule has 0 aromatic carbocycles. The number of hydrogen-bond donors (Lipinski definition) is 2. The molecule has 0 aliphatic heterocycles. The molecule has 1 rings (SSSR count). The molecule has 0 aliphatic carbocycles. The molecule has 1 unspecified atom stereocenters. The Kier molecular flexibility index (Phi) is 3.99. The lowest BCUT2D eigenvalue weighted by Crippen LogP contribution is -2.23. The molecule has 0 bridgehead atoms. The van der Waals surface area contributed by atoms with Gasteiger partial charge in [0.1, 0.15) is 11.0 Å². The quantitative estimate of drug-likeness (QED) is 0.730. The van der Waals surface area contributed by atoms with Gasteiger partial charge < -0.3 is 10.4 Å². The van der Waals surface area contributed by atoms with Crippen LogP contribution in [0.15, 0.2) is 18.2 Å². The lowest BCUT2D eigenvalue weighted by molar-refractivity contribution is 0.271. The molecule has 0 saturated heterocycles. The summed E-state index contributed by atoms with van der Waals surface area (Å²) >= 11 is 5.70. The zero-order valence-corrected chi connectivity index (χ0v) is 8.25. The van der Waals surface area contributed by atoms with Crippen molar-refractivity contribution in [3.05, 3.63) is 23.4 Å². The Morgan fingerprint density at radius 1 is 1.62 bits per heavy atom. The van der Waals surface area contributed by atoms with Gasteiger partial charge >= 0.3 is 0 Å². The summed E-state index contributed by atoms with van der Waals surface area (Å²) in [5, 5.41) is 12.5. The zero-order chi connectivity index (χ0) is 9.68. The van der Waals surface area contributed by atoms with Crippen molar-refractivity contribution in [1.29, 1.82) is 0 Å². The smallest absolute Gasteiger partial charge is 0.131 e. The van der Waals surface area contributed by atoms with Crippen molar-refractivity contribution >= 4 is 17.4 Å². The Balaban J connectivity index is 2.62. The Labute approximate surface area is 82.8 Å². The number of aromatic nitrogens is 1. The SMILES string of the molecule is CCC(CO)Nc1cccc(Cl)n1. The van der Waals surface area contributed by atoms with Crippen LogP contribution in [0.3, 0.4) is 0 Å². The van der Waals surface area contributed by atoms with Gasteiger partial charge in [-0.1, -0.05) is 24.6 Å². The summed E-state index contributed by atoms with van der Waals surface area (Å²) in [5.41, 5.74) is 0. The molecule has 0 aliphatic rings. The number of aliphatic hydroxyl groups is 1. The summed E-state index contributed by atoms with van der Waals surface area (Å²) < 4.78 is 0. The maximum absolute atomic E-state index is 8.93. The van der Waals surface area contributed by atoms with E-state index in [-0.39, 0.29) is 12.6 Å². The van der Waals surface area contributed by atoms with Crippen LogP contribution in [0.4, 0.5) is 5.82 Å². The molecule has 1 aromatic rings. The molecule has 0 fully saturated rings. The molecule has 3 nitrogen and oxygen atoms in total. The monoisotopic (exact) mass is 200 g/mol. The van der Waals surface area contributed by atoms with Crippen molar-refractivity contribution in [1.82, 2.24) is 4.98 Å². The van der Waals surface area contributed by atoms with Gasteiger partial charge in [0.15, 0.2) is 0 Å². The minimum absolute atomic E-state index is 0.0472. The van der Waals surface area contributed by atoms with Gasteiger partial charge in [0.05, 0.1) is 12.6 Å². The largest absolute Gasteiger partial charge is 0.394 e. The summed E-state index contributed by atoms with van der Waals surface area (Å²) in [5.74, 6) is 0.702. The van der Waals surface area contributed by atoms with Crippen LogP contribution in [0.1, 0.15) is 13.3 Å². The van der Waals surface area contributed by atoms with E-state index in [0.717, 1.165) is 6.42 Å². The van der Waals surface area contributed by atoms with E-state index in [1.54, 1.807) is 6.07 Å². The number of halogens is 1. The van der Waals surface area contributed by atoms with E-state index in [4.69, 9.17) is 16.7 Å². The maximum atomic E-state index is 8.93. The summed E-state index contributed by atoms with van der Waals surface area (Å²) in [4.78, 5) is 4.05. The second-order valence-corrected chi connectivity index (χ2v) is 3.16. The number of pyridine rings is 1. The summed E-state index contributed by atoms with van der Waals surface area (Å²) in [6.07, 6.45) is 0.852. The number of hydrogen-bond acceptors (Lipinski definition) is 3. The molecule has 1 atom stereocenters. The lowest BCUT2D eigenvalue weighted by Gasteiger charge is -2.14. The number of rotatable bonds is 4. The highest BCUT2D eigenvalue weighted by Gasteiger charge is 2.04. The fraction of sp³-hybridized carbons (Fsp3) is 0.444. The molecule has 0 radical (unpaired) electrons. The number of aliphatic hydroxyl groups excluding tert-OH is 1. The molecule has 0 amide bonds. The summed E-state index contributed by atoms with van der Waals surface area (Å²) in [6, 6.07) is 5.41. The second-order valence-electron chi connectivity index (χ2n) is 2.78. The Morgan fingerprint density at radius 2 is 2.38 bits per heavy atom. The van der Waals surface area contributed by atoms with Crippen molar-refractivity contribution in [2.24, 2.45) is 0 Å². The van der Waals surface area contributed by atoms with Crippen LogP contribution in [0.25, 0.3) is 0 Å². The molecule has 1 heterocycles. The first-order chi connectivity index (χ1) is 6.26. The topological polar surface area (TPSA) is 45.1 Å². The maximum Gasteiger partial charge on any atom is 0.131 e. The van der Waals surface area contributed by atoms with Crippen LogP contribution in [0.2, 0.25) is 5.15 Å². The van der Waals surface area contributed by atoms with Crippen molar-refractivity contribution in [3.63, 3.8) is 0 Å². The normalized spacial score (nSPS) is 12.5. The number of anilines is 1. The minimum atomic E-state index is 0.0472. The first-order valence-corrected chi connectivity index (χ1v) is 4.64. The number of nitrogens with zero attached hydrogens (tertiary/aromatic N) is 1. The highest BCUT2D eigenvalue weighted by Crippen LogP contribution is 2.10. The van der Waals surface area contributed by atoms with Gasteiger partial charge in [0.2, 0.25) is 0 Å². The third kappa shape index (κ3) is 3.20. The predicted octanol–water partition coefficient (Wildman–Crippen LogP) is 1.92. The molecular weight excluding hydrogens is 188 g/mol. The van der Waals surface area contributed by atoms with Gasteiger partial charge in [0, 0.05) is 0 Å².